The molecule has 2 N–H and O–H groups in total. The number of H-pyrrole nitrogens is 1. The van der Waals surface area contributed by atoms with Gasteiger partial charge in [0.25, 0.3) is 5.91 Å². The van der Waals surface area contributed by atoms with Crippen LogP contribution in [0.3, 0.4) is 0 Å². The Morgan fingerprint density at radius 2 is 2.29 bits per heavy atom. The van der Waals surface area contributed by atoms with Gasteiger partial charge in [0.05, 0.1) is 12.8 Å². The summed E-state index contributed by atoms with van der Waals surface area (Å²) in [4.78, 5) is 17.9. The van der Waals surface area contributed by atoms with Crippen LogP contribution in [0.1, 0.15) is 28.0 Å². The van der Waals surface area contributed by atoms with Crippen LogP contribution in [0.4, 0.5) is 0 Å². The van der Waals surface area contributed by atoms with Crippen molar-refractivity contribution >= 4 is 5.91 Å². The third kappa shape index (κ3) is 4.16. The van der Waals surface area contributed by atoms with Gasteiger partial charge >= 0.3 is 0 Å². The third-order valence-corrected chi connectivity index (χ3v) is 2.77. The van der Waals surface area contributed by atoms with Gasteiger partial charge in [-0.1, -0.05) is 11.8 Å². The van der Waals surface area contributed by atoms with E-state index in [1.54, 1.807) is 42.7 Å². The molecular formula is C15H16N4O2. The Kier molecular flexibility index (Phi) is 5.07. The molecule has 0 aliphatic rings. The highest BCUT2D eigenvalue weighted by atomic mass is 16.2. The van der Waals surface area contributed by atoms with Gasteiger partial charge < -0.3 is 10.0 Å². The number of aromatic nitrogens is 3. The Balaban J connectivity index is 2.01. The maximum atomic E-state index is 12.2. The zero-order chi connectivity index (χ0) is 15.1. The van der Waals surface area contributed by atoms with Gasteiger partial charge in [-0.15, -0.1) is 0 Å². The first kappa shape index (κ1) is 14.8. The van der Waals surface area contributed by atoms with Crippen LogP contribution < -0.4 is 0 Å². The molecule has 2 heterocycles. The topological polar surface area (TPSA) is 82.1 Å². The lowest BCUT2D eigenvalue weighted by molar-refractivity contribution is 0.0779. The van der Waals surface area contributed by atoms with Crippen LogP contribution in [-0.2, 0) is 6.54 Å². The summed E-state index contributed by atoms with van der Waals surface area (Å²) in [5.74, 6) is 5.51. The molecule has 21 heavy (non-hydrogen) atoms. The molecule has 0 aromatic carbocycles. The van der Waals surface area contributed by atoms with Crippen LogP contribution in [0.5, 0.6) is 0 Å². The lowest BCUT2D eigenvalue weighted by atomic mass is 10.2. The molecule has 2 aromatic heterocycles. The molecular weight excluding hydrogens is 268 g/mol. The van der Waals surface area contributed by atoms with Crippen molar-refractivity contribution in [2.24, 2.45) is 0 Å². The summed E-state index contributed by atoms with van der Waals surface area (Å²) in [5, 5.41) is 15.2. The van der Waals surface area contributed by atoms with Crippen LogP contribution in [-0.4, -0.2) is 44.7 Å². The van der Waals surface area contributed by atoms with E-state index < -0.39 is 0 Å². The normalized spacial score (nSPS) is 9.81. The zero-order valence-electron chi connectivity index (χ0n) is 11.7. The molecule has 0 saturated carbocycles. The first-order chi connectivity index (χ1) is 10.2. The molecule has 6 heteroatoms. The first-order valence-electron chi connectivity index (χ1n) is 6.49. The number of nitrogens with one attached hydrogen (secondary N) is 1. The van der Waals surface area contributed by atoms with Crippen LogP contribution in [0.25, 0.3) is 0 Å². The molecule has 2 rings (SSSR count). The van der Waals surface area contributed by atoms with Crippen molar-refractivity contribution in [3.05, 3.63) is 47.5 Å². The molecule has 0 fully saturated rings. The number of hydrogen-bond acceptors (Lipinski definition) is 4. The molecule has 0 bridgehead atoms. The molecule has 2 aromatic rings. The predicted octanol–water partition coefficient (Wildman–Crippen LogP) is 0.811. The molecule has 0 radical (unpaired) electrons. The summed E-state index contributed by atoms with van der Waals surface area (Å²) >= 11 is 0. The van der Waals surface area contributed by atoms with E-state index >= 15 is 0 Å². The number of rotatable bonds is 4. The average molecular weight is 284 g/mol. The van der Waals surface area contributed by atoms with E-state index in [4.69, 9.17) is 5.11 Å². The molecule has 0 aliphatic carbocycles. The maximum Gasteiger partial charge on any atom is 0.272 e. The third-order valence-electron chi connectivity index (χ3n) is 2.77. The number of pyridine rings is 1. The first-order valence-corrected chi connectivity index (χ1v) is 6.49. The maximum absolute atomic E-state index is 12.2. The minimum atomic E-state index is -0.161. The Bertz CT molecular complexity index is 639. The minimum Gasteiger partial charge on any atom is -0.395 e. The highest BCUT2D eigenvalue weighted by molar-refractivity contribution is 5.92. The van der Waals surface area contributed by atoms with Gasteiger partial charge in [0, 0.05) is 43.5 Å². The molecule has 0 atom stereocenters. The number of aliphatic hydroxyl groups excluding tert-OH is 1. The van der Waals surface area contributed by atoms with Gasteiger partial charge in [-0.3, -0.25) is 9.89 Å². The van der Waals surface area contributed by atoms with Gasteiger partial charge in [0.2, 0.25) is 0 Å². The summed E-state index contributed by atoms with van der Waals surface area (Å²) in [6.45, 7) is 0.505. The standard InChI is InChI=1S/C15H16N4O2/c1-19(11-13-9-17-18-10-13)15(21)14-6-5-12(8-16-14)4-2-3-7-20/h5-6,8-10,20H,3,7,11H2,1H3,(H,17,18). The van der Waals surface area contributed by atoms with E-state index in [-0.39, 0.29) is 12.5 Å². The van der Waals surface area contributed by atoms with Crippen molar-refractivity contribution in [3.8, 4) is 11.8 Å². The van der Waals surface area contributed by atoms with Gasteiger partial charge in [-0.25, -0.2) is 4.98 Å². The fourth-order valence-corrected chi connectivity index (χ4v) is 1.72. The SMILES string of the molecule is CN(Cc1cn[nH]c1)C(=O)c1ccc(C#CCCO)cn1. The van der Waals surface area contributed by atoms with Crippen molar-refractivity contribution in [3.63, 3.8) is 0 Å². The summed E-state index contributed by atoms with van der Waals surface area (Å²) in [6, 6.07) is 3.40. The van der Waals surface area contributed by atoms with Gasteiger partial charge in [0.15, 0.2) is 0 Å². The van der Waals surface area contributed by atoms with Crippen LogP contribution in [0.2, 0.25) is 0 Å². The Labute approximate surface area is 122 Å². The van der Waals surface area contributed by atoms with E-state index in [1.165, 1.54) is 0 Å². The highest BCUT2D eigenvalue weighted by Gasteiger charge is 2.13. The summed E-state index contributed by atoms with van der Waals surface area (Å²) in [5.41, 5.74) is 2.02. The van der Waals surface area contributed by atoms with E-state index in [2.05, 4.69) is 27.0 Å². The summed E-state index contributed by atoms with van der Waals surface area (Å²) in [6.07, 6.45) is 5.41. The second kappa shape index (κ2) is 7.22. The van der Waals surface area contributed by atoms with Crippen LogP contribution in [0, 0.1) is 11.8 Å². The van der Waals surface area contributed by atoms with Crippen molar-refractivity contribution < 1.29 is 9.90 Å². The quantitative estimate of drug-likeness (QED) is 0.814. The summed E-state index contributed by atoms with van der Waals surface area (Å²) in [7, 11) is 1.71. The largest absolute Gasteiger partial charge is 0.395 e. The molecule has 108 valence electrons. The van der Waals surface area contributed by atoms with Crippen molar-refractivity contribution in [2.75, 3.05) is 13.7 Å². The molecule has 0 unspecified atom stereocenters. The fourth-order valence-electron chi connectivity index (χ4n) is 1.72. The monoisotopic (exact) mass is 284 g/mol. The van der Waals surface area contributed by atoms with E-state index in [0.717, 1.165) is 11.1 Å². The number of aliphatic hydroxyl groups is 1. The van der Waals surface area contributed by atoms with Crippen molar-refractivity contribution in [1.82, 2.24) is 20.1 Å². The molecule has 1 amide bonds. The number of hydrogen-bond donors (Lipinski definition) is 2. The summed E-state index contributed by atoms with van der Waals surface area (Å²) < 4.78 is 0. The van der Waals surface area contributed by atoms with Gasteiger partial charge in [0.1, 0.15) is 5.69 Å². The van der Waals surface area contributed by atoms with E-state index in [1.807, 2.05) is 0 Å². The number of aromatic amines is 1. The zero-order valence-corrected chi connectivity index (χ0v) is 11.7. The van der Waals surface area contributed by atoms with Gasteiger partial charge in [-0.2, -0.15) is 5.10 Å². The number of amides is 1. The van der Waals surface area contributed by atoms with Crippen LogP contribution >= 0.6 is 0 Å². The number of nitrogens with zero attached hydrogens (tertiary/aromatic N) is 3. The van der Waals surface area contributed by atoms with Gasteiger partial charge in [-0.05, 0) is 12.1 Å². The molecule has 0 saturated heterocycles. The number of carbonyl (C=O) groups excluding carboxylic acids is 1. The average Bonchev–Trinajstić information content (AvgIpc) is 3.00. The fraction of sp³-hybridized carbons (Fsp3) is 0.267. The number of carbonyl (C=O) groups is 1. The minimum absolute atomic E-state index is 0.0375. The smallest absolute Gasteiger partial charge is 0.272 e. The van der Waals surface area contributed by atoms with Crippen molar-refractivity contribution in [2.45, 2.75) is 13.0 Å². The Hall–Kier alpha value is -2.65. The highest BCUT2D eigenvalue weighted by Crippen LogP contribution is 2.06. The van der Waals surface area contributed by atoms with E-state index in [0.29, 0.717) is 18.7 Å². The van der Waals surface area contributed by atoms with Crippen molar-refractivity contribution in [1.29, 1.82) is 0 Å². The lowest BCUT2D eigenvalue weighted by Gasteiger charge is -2.15. The van der Waals surface area contributed by atoms with Crippen LogP contribution in [0.15, 0.2) is 30.7 Å². The molecule has 6 nitrogen and oxygen atoms in total. The lowest BCUT2D eigenvalue weighted by Crippen LogP contribution is -2.26. The second-order valence-electron chi connectivity index (χ2n) is 4.48. The Morgan fingerprint density at radius 3 is 2.90 bits per heavy atom. The molecule has 0 spiro atoms. The van der Waals surface area contributed by atoms with E-state index in [9.17, 15) is 4.79 Å². The molecule has 0 aliphatic heterocycles. The predicted molar refractivity (Wildman–Crippen MR) is 77.2 cm³/mol. The second-order valence-corrected chi connectivity index (χ2v) is 4.48. The Morgan fingerprint density at radius 1 is 1.43 bits per heavy atom.